The van der Waals surface area contributed by atoms with Gasteiger partial charge in [-0.3, -0.25) is 4.90 Å². The maximum atomic E-state index is 5.43. The minimum Gasteiger partial charge on any atom is -0.379 e. The standard InChI is InChI=1S/C16H26N2O.C3H6.C2H6/c1-4-15(6-5-14(2)3)18-8-7-16(13-18)17-9-11-19-12-10-17;1-3-2;1-2/h4-6,16H,2,7-13H2,1,3H3;3H,1H2,2H3;1-2H3/b6-5-,15-4+;;. The Labute approximate surface area is 150 Å². The third-order valence-electron chi connectivity index (χ3n) is 3.92. The van der Waals surface area contributed by atoms with Crippen molar-refractivity contribution in [3.05, 3.63) is 48.7 Å². The maximum Gasteiger partial charge on any atom is 0.0594 e. The van der Waals surface area contributed by atoms with Gasteiger partial charge in [0, 0.05) is 37.9 Å². The van der Waals surface area contributed by atoms with Gasteiger partial charge in [0.1, 0.15) is 0 Å². The molecule has 0 aromatic heterocycles. The van der Waals surface area contributed by atoms with Crippen molar-refractivity contribution in [2.45, 2.75) is 47.1 Å². The smallest absolute Gasteiger partial charge is 0.0594 e. The molecule has 2 aliphatic heterocycles. The van der Waals surface area contributed by atoms with Crippen LogP contribution in [0.4, 0.5) is 0 Å². The number of hydrogen-bond acceptors (Lipinski definition) is 3. The highest BCUT2D eigenvalue weighted by Gasteiger charge is 2.28. The number of ether oxygens (including phenoxy) is 1. The van der Waals surface area contributed by atoms with Crippen LogP contribution in [0.3, 0.4) is 0 Å². The number of morpholine rings is 1. The molecule has 2 heterocycles. The molecule has 24 heavy (non-hydrogen) atoms. The van der Waals surface area contributed by atoms with Gasteiger partial charge < -0.3 is 9.64 Å². The first-order valence-corrected chi connectivity index (χ1v) is 9.26. The number of likely N-dealkylation sites (tertiary alicyclic amines) is 1. The van der Waals surface area contributed by atoms with E-state index >= 15 is 0 Å². The number of hydrogen-bond donors (Lipinski definition) is 0. The van der Waals surface area contributed by atoms with E-state index in [4.69, 9.17) is 4.74 Å². The van der Waals surface area contributed by atoms with Crippen LogP contribution in [-0.4, -0.2) is 55.2 Å². The summed E-state index contributed by atoms with van der Waals surface area (Å²) in [6, 6.07) is 0.692. The van der Waals surface area contributed by atoms with Gasteiger partial charge in [0.05, 0.1) is 13.2 Å². The molecule has 0 saturated carbocycles. The molecule has 0 amide bonds. The highest BCUT2D eigenvalue weighted by Crippen LogP contribution is 2.21. The fourth-order valence-corrected chi connectivity index (χ4v) is 2.83. The van der Waals surface area contributed by atoms with Gasteiger partial charge in [0.25, 0.3) is 0 Å². The zero-order chi connectivity index (χ0) is 18.4. The minimum absolute atomic E-state index is 0.692. The molecule has 3 nitrogen and oxygen atoms in total. The molecular weight excluding hydrogens is 296 g/mol. The summed E-state index contributed by atoms with van der Waals surface area (Å²) >= 11 is 0. The fourth-order valence-electron chi connectivity index (χ4n) is 2.83. The lowest BCUT2D eigenvalue weighted by atomic mass is 10.2. The van der Waals surface area contributed by atoms with Crippen LogP contribution in [0.25, 0.3) is 0 Å². The highest BCUT2D eigenvalue weighted by molar-refractivity contribution is 5.25. The number of allylic oxidation sites excluding steroid dienone is 5. The monoisotopic (exact) mass is 334 g/mol. The third kappa shape index (κ3) is 8.51. The quantitative estimate of drug-likeness (QED) is 0.550. The van der Waals surface area contributed by atoms with E-state index in [-0.39, 0.29) is 0 Å². The van der Waals surface area contributed by atoms with Crippen molar-refractivity contribution >= 4 is 0 Å². The van der Waals surface area contributed by atoms with Crippen molar-refractivity contribution in [1.29, 1.82) is 0 Å². The van der Waals surface area contributed by atoms with Crippen LogP contribution in [0.15, 0.2) is 48.7 Å². The molecule has 0 N–H and O–H groups in total. The molecule has 138 valence electrons. The van der Waals surface area contributed by atoms with Crippen LogP contribution in [-0.2, 0) is 4.74 Å². The van der Waals surface area contributed by atoms with Gasteiger partial charge in [-0.15, -0.1) is 6.58 Å². The summed E-state index contributed by atoms with van der Waals surface area (Å²) < 4.78 is 5.43. The molecule has 0 aromatic carbocycles. The third-order valence-corrected chi connectivity index (χ3v) is 3.92. The summed E-state index contributed by atoms with van der Waals surface area (Å²) in [5, 5.41) is 0. The molecule has 2 rings (SSSR count). The Morgan fingerprint density at radius 1 is 1.08 bits per heavy atom. The Morgan fingerprint density at radius 3 is 2.17 bits per heavy atom. The van der Waals surface area contributed by atoms with Crippen LogP contribution in [0.1, 0.15) is 41.0 Å². The SMILES string of the molecule is C=C(C)/C=C\C(=C/C)N1CCC(N2CCOCC2)C1.C=CC.CC. The van der Waals surface area contributed by atoms with E-state index < -0.39 is 0 Å². The fraction of sp³-hybridized carbons (Fsp3) is 0.619. The molecule has 3 heteroatoms. The summed E-state index contributed by atoms with van der Waals surface area (Å²) in [6.07, 6.45) is 9.49. The highest BCUT2D eigenvalue weighted by atomic mass is 16.5. The topological polar surface area (TPSA) is 15.7 Å². The summed E-state index contributed by atoms with van der Waals surface area (Å²) in [7, 11) is 0. The minimum atomic E-state index is 0.692. The lowest BCUT2D eigenvalue weighted by Crippen LogP contribution is -2.44. The summed E-state index contributed by atoms with van der Waals surface area (Å²) in [4.78, 5) is 5.07. The van der Waals surface area contributed by atoms with Crippen LogP contribution in [0.2, 0.25) is 0 Å². The lowest BCUT2D eigenvalue weighted by Gasteiger charge is -2.32. The molecule has 2 aliphatic rings. The second-order valence-electron chi connectivity index (χ2n) is 5.84. The summed E-state index contributed by atoms with van der Waals surface area (Å²) in [5.41, 5.74) is 2.42. The molecule has 2 fully saturated rings. The summed E-state index contributed by atoms with van der Waals surface area (Å²) in [5.74, 6) is 0. The van der Waals surface area contributed by atoms with Crippen molar-refractivity contribution in [1.82, 2.24) is 9.80 Å². The Hall–Kier alpha value is -1.32. The normalized spacial score (nSPS) is 21.6. The zero-order valence-electron chi connectivity index (χ0n) is 16.6. The van der Waals surface area contributed by atoms with Crippen molar-refractivity contribution in [2.24, 2.45) is 0 Å². The molecule has 0 aliphatic carbocycles. The van der Waals surface area contributed by atoms with Gasteiger partial charge in [-0.05, 0) is 33.3 Å². The largest absolute Gasteiger partial charge is 0.379 e. The average Bonchev–Trinajstić information content (AvgIpc) is 3.08. The molecule has 1 atom stereocenters. The van der Waals surface area contributed by atoms with Gasteiger partial charge in [0.15, 0.2) is 0 Å². The van der Waals surface area contributed by atoms with Crippen molar-refractivity contribution in [2.75, 3.05) is 39.4 Å². The number of rotatable bonds is 4. The first kappa shape index (κ1) is 22.7. The van der Waals surface area contributed by atoms with Gasteiger partial charge in [0.2, 0.25) is 0 Å². The molecule has 0 radical (unpaired) electrons. The second-order valence-corrected chi connectivity index (χ2v) is 5.84. The predicted molar refractivity (Wildman–Crippen MR) is 107 cm³/mol. The van der Waals surface area contributed by atoms with Crippen LogP contribution < -0.4 is 0 Å². The number of nitrogens with zero attached hydrogens (tertiary/aromatic N) is 2. The van der Waals surface area contributed by atoms with E-state index in [1.165, 1.54) is 12.1 Å². The molecule has 2 saturated heterocycles. The van der Waals surface area contributed by atoms with Crippen LogP contribution in [0, 0.1) is 0 Å². The van der Waals surface area contributed by atoms with E-state index in [1.807, 2.05) is 27.7 Å². The molecule has 1 unspecified atom stereocenters. The van der Waals surface area contributed by atoms with E-state index in [9.17, 15) is 0 Å². The Morgan fingerprint density at radius 2 is 1.67 bits per heavy atom. The zero-order valence-corrected chi connectivity index (χ0v) is 16.6. The van der Waals surface area contributed by atoms with Gasteiger partial charge >= 0.3 is 0 Å². The van der Waals surface area contributed by atoms with E-state index in [2.05, 4.69) is 48.1 Å². The van der Waals surface area contributed by atoms with Crippen molar-refractivity contribution in [3.63, 3.8) is 0 Å². The predicted octanol–water partition coefficient (Wildman–Crippen LogP) is 4.65. The second kappa shape index (κ2) is 14.1. The van der Waals surface area contributed by atoms with Crippen LogP contribution >= 0.6 is 0 Å². The van der Waals surface area contributed by atoms with Gasteiger partial charge in [-0.1, -0.05) is 44.2 Å². The van der Waals surface area contributed by atoms with Gasteiger partial charge in [-0.2, -0.15) is 0 Å². The summed E-state index contributed by atoms with van der Waals surface area (Å²) in [6.45, 7) is 23.6. The average molecular weight is 335 g/mol. The maximum absolute atomic E-state index is 5.43. The molecular formula is C21H38N2O. The molecule has 0 bridgehead atoms. The Kier molecular flexibility index (Phi) is 13.3. The first-order valence-electron chi connectivity index (χ1n) is 9.26. The lowest BCUT2D eigenvalue weighted by molar-refractivity contribution is 0.0191. The first-order chi connectivity index (χ1) is 11.6. The van der Waals surface area contributed by atoms with Gasteiger partial charge in [-0.25, -0.2) is 0 Å². The Balaban J connectivity index is 0.000000952. The van der Waals surface area contributed by atoms with Crippen molar-refractivity contribution in [3.8, 4) is 0 Å². The van der Waals surface area contributed by atoms with Crippen molar-refractivity contribution < 1.29 is 4.74 Å². The molecule has 0 aromatic rings. The molecule has 0 spiro atoms. The van der Waals surface area contributed by atoms with Crippen LogP contribution in [0.5, 0.6) is 0 Å². The van der Waals surface area contributed by atoms with E-state index in [0.717, 1.165) is 45.0 Å². The van der Waals surface area contributed by atoms with E-state index in [0.29, 0.717) is 6.04 Å². The van der Waals surface area contributed by atoms with E-state index in [1.54, 1.807) is 6.08 Å². The Bertz CT molecular complexity index is 406.